The molecule has 2 rings (SSSR count). The number of ether oxygens (including phenoxy) is 1. The highest BCUT2D eigenvalue weighted by atomic mass is 79.9. The number of hydrogen-bond donors (Lipinski definition) is 6. The second-order valence-electron chi connectivity index (χ2n) is 5.68. The number of hydrogen-bond acceptors (Lipinski definition) is 9. The lowest BCUT2D eigenvalue weighted by atomic mass is 10.1. The van der Waals surface area contributed by atoms with Crippen LogP contribution in [0, 0.1) is 5.41 Å². The lowest BCUT2D eigenvalue weighted by Gasteiger charge is -2.28. The number of hydrazine groups is 1. The van der Waals surface area contributed by atoms with Crippen molar-refractivity contribution in [2.24, 2.45) is 22.3 Å². The number of anilines is 2. The Morgan fingerprint density at radius 2 is 2.12 bits per heavy atom. The Balaban J connectivity index is 2.55. The molecule has 0 amide bonds. The summed E-state index contributed by atoms with van der Waals surface area (Å²) >= 11 is 3.13. The number of nitrogens with one attached hydrogen (secondary N) is 2. The standard InChI is InChI=1S/C15H23BrN8O/c1-7(2)25-11-4-9(18)8(5-17)3-10(11)24(21)15-12(13(16)19)14(20)22-6-23-15/h3-4,7,19,22H,5-6,17-18,20-21H2,1-2H3. The van der Waals surface area contributed by atoms with Crippen molar-refractivity contribution in [2.45, 2.75) is 26.5 Å². The lowest BCUT2D eigenvalue weighted by Crippen LogP contribution is -2.45. The van der Waals surface area contributed by atoms with Crippen LogP contribution in [0.2, 0.25) is 0 Å². The van der Waals surface area contributed by atoms with Crippen LogP contribution < -0.4 is 38.1 Å². The number of aliphatic imine (C=N–C) groups is 1. The molecule has 0 bridgehead atoms. The zero-order chi connectivity index (χ0) is 18.7. The summed E-state index contributed by atoms with van der Waals surface area (Å²) in [5.41, 5.74) is 19.9. The summed E-state index contributed by atoms with van der Waals surface area (Å²) < 4.78 is 5.90. The summed E-state index contributed by atoms with van der Waals surface area (Å²) in [6.45, 7) is 4.30. The minimum atomic E-state index is -0.0835. The molecule has 1 aliphatic rings. The summed E-state index contributed by atoms with van der Waals surface area (Å²) in [5, 5.41) is 12.1. The van der Waals surface area contributed by atoms with Crippen LogP contribution in [-0.2, 0) is 6.54 Å². The maximum Gasteiger partial charge on any atom is 0.158 e. The molecule has 1 aromatic rings. The molecule has 1 aromatic carbocycles. The van der Waals surface area contributed by atoms with E-state index in [4.69, 9.17) is 33.2 Å². The summed E-state index contributed by atoms with van der Waals surface area (Å²) in [6.07, 6.45) is -0.0835. The third-order valence-corrected chi connectivity index (χ3v) is 3.90. The zero-order valence-electron chi connectivity index (χ0n) is 14.1. The minimum absolute atomic E-state index is 0.0622. The van der Waals surface area contributed by atoms with E-state index in [0.29, 0.717) is 34.4 Å². The average molecular weight is 411 g/mol. The highest BCUT2D eigenvalue weighted by molar-refractivity contribution is 9.18. The highest BCUT2D eigenvalue weighted by Gasteiger charge is 2.26. The van der Waals surface area contributed by atoms with E-state index in [1.165, 1.54) is 5.01 Å². The first-order valence-electron chi connectivity index (χ1n) is 7.63. The van der Waals surface area contributed by atoms with Gasteiger partial charge >= 0.3 is 0 Å². The molecule has 136 valence electrons. The second-order valence-corrected chi connectivity index (χ2v) is 6.47. The number of nitrogens with two attached hydrogens (primary N) is 4. The Labute approximate surface area is 154 Å². The van der Waals surface area contributed by atoms with Gasteiger partial charge in [-0.25, -0.2) is 10.8 Å². The number of rotatable bonds is 5. The molecule has 0 spiro atoms. The Kier molecular flexibility index (Phi) is 5.88. The van der Waals surface area contributed by atoms with Crippen LogP contribution in [-0.4, -0.2) is 23.2 Å². The Hall–Kier alpha value is -2.30. The molecule has 10 heteroatoms. The summed E-state index contributed by atoms with van der Waals surface area (Å²) in [7, 11) is 0. The van der Waals surface area contributed by atoms with E-state index in [9.17, 15) is 0 Å². The normalized spacial score (nSPS) is 14.2. The van der Waals surface area contributed by atoms with Crippen molar-refractivity contribution in [3.8, 4) is 5.75 Å². The van der Waals surface area contributed by atoms with Gasteiger partial charge in [-0.3, -0.25) is 10.4 Å². The third-order valence-electron chi connectivity index (χ3n) is 3.50. The molecule has 1 heterocycles. The second kappa shape index (κ2) is 7.72. The number of nitrogens with zero attached hydrogens (tertiary/aromatic N) is 2. The number of amidine groups is 1. The summed E-state index contributed by atoms with van der Waals surface area (Å²) in [6, 6.07) is 3.44. The molecule has 0 aliphatic carbocycles. The fraction of sp³-hybridized carbons (Fsp3) is 0.333. The monoisotopic (exact) mass is 410 g/mol. The molecule has 9 nitrogen and oxygen atoms in total. The smallest absolute Gasteiger partial charge is 0.158 e. The van der Waals surface area contributed by atoms with E-state index in [0.717, 1.165) is 5.56 Å². The van der Waals surface area contributed by atoms with Crippen molar-refractivity contribution < 1.29 is 4.74 Å². The van der Waals surface area contributed by atoms with Crippen LogP contribution in [0.25, 0.3) is 0 Å². The van der Waals surface area contributed by atoms with Crippen LogP contribution in [0.5, 0.6) is 5.75 Å². The molecule has 25 heavy (non-hydrogen) atoms. The molecule has 0 fully saturated rings. The van der Waals surface area contributed by atoms with E-state index in [1.54, 1.807) is 12.1 Å². The predicted molar refractivity (Wildman–Crippen MR) is 104 cm³/mol. The van der Waals surface area contributed by atoms with Crippen molar-refractivity contribution >= 4 is 37.8 Å². The largest absolute Gasteiger partial charge is 0.489 e. The van der Waals surface area contributed by atoms with Crippen molar-refractivity contribution in [2.75, 3.05) is 17.4 Å². The number of benzene rings is 1. The number of nitrogen functional groups attached to an aromatic ring is 1. The van der Waals surface area contributed by atoms with Gasteiger partial charge in [-0.15, -0.1) is 0 Å². The van der Waals surface area contributed by atoms with Crippen LogP contribution >= 0.6 is 15.9 Å². The molecule has 0 atom stereocenters. The number of halogens is 1. The topological polar surface area (TPSA) is 165 Å². The Morgan fingerprint density at radius 3 is 2.68 bits per heavy atom. The van der Waals surface area contributed by atoms with Gasteiger partial charge in [0.25, 0.3) is 0 Å². The minimum Gasteiger partial charge on any atom is -0.489 e. The summed E-state index contributed by atoms with van der Waals surface area (Å²) in [5.74, 6) is 7.45. The Morgan fingerprint density at radius 1 is 1.44 bits per heavy atom. The molecule has 10 N–H and O–H groups in total. The van der Waals surface area contributed by atoms with E-state index >= 15 is 0 Å². The first-order valence-corrected chi connectivity index (χ1v) is 8.42. The SMILES string of the molecule is CC(C)Oc1cc(N)c(CN)cc1N(N)C1=NCNC(N)=C1C(=N)Br. The molecule has 1 aliphatic heterocycles. The molecule has 0 saturated carbocycles. The van der Waals surface area contributed by atoms with Gasteiger partial charge in [-0.2, -0.15) is 0 Å². The lowest BCUT2D eigenvalue weighted by molar-refractivity contribution is 0.243. The molecule has 0 radical (unpaired) electrons. The zero-order valence-corrected chi connectivity index (χ0v) is 15.7. The van der Waals surface area contributed by atoms with Crippen LogP contribution in [0.15, 0.2) is 28.5 Å². The van der Waals surface area contributed by atoms with Gasteiger partial charge in [0.05, 0.1) is 11.7 Å². The van der Waals surface area contributed by atoms with Gasteiger partial charge < -0.3 is 27.3 Å². The molecular formula is C15H23BrN8O. The van der Waals surface area contributed by atoms with Crippen LogP contribution in [0.3, 0.4) is 0 Å². The average Bonchev–Trinajstić information content (AvgIpc) is 2.53. The van der Waals surface area contributed by atoms with Gasteiger partial charge in [-0.05, 0) is 41.4 Å². The first kappa shape index (κ1) is 19.0. The summed E-state index contributed by atoms with van der Waals surface area (Å²) in [4.78, 5) is 4.34. The van der Waals surface area contributed by atoms with Crippen molar-refractivity contribution in [1.29, 1.82) is 5.41 Å². The van der Waals surface area contributed by atoms with Crippen LogP contribution in [0.1, 0.15) is 19.4 Å². The molecule has 0 unspecified atom stereocenters. The van der Waals surface area contributed by atoms with Crippen molar-refractivity contribution in [3.05, 3.63) is 29.1 Å². The van der Waals surface area contributed by atoms with Gasteiger partial charge in [0, 0.05) is 18.3 Å². The van der Waals surface area contributed by atoms with Gasteiger partial charge in [0.2, 0.25) is 0 Å². The van der Waals surface area contributed by atoms with Gasteiger partial charge in [-0.1, -0.05) is 0 Å². The molecule has 0 saturated heterocycles. The van der Waals surface area contributed by atoms with E-state index in [-0.39, 0.29) is 23.9 Å². The molecule has 0 aromatic heterocycles. The van der Waals surface area contributed by atoms with E-state index < -0.39 is 0 Å². The van der Waals surface area contributed by atoms with Gasteiger partial charge in [0.1, 0.15) is 28.5 Å². The quantitative estimate of drug-likeness (QED) is 0.180. The maximum atomic E-state index is 7.89. The van der Waals surface area contributed by atoms with Crippen molar-refractivity contribution in [1.82, 2.24) is 5.32 Å². The first-order chi connectivity index (χ1) is 11.8. The predicted octanol–water partition coefficient (Wildman–Crippen LogP) is 0.696. The van der Waals surface area contributed by atoms with Crippen LogP contribution in [0.4, 0.5) is 11.4 Å². The maximum absolute atomic E-state index is 7.89. The fourth-order valence-electron chi connectivity index (χ4n) is 2.36. The fourth-order valence-corrected chi connectivity index (χ4v) is 2.75. The van der Waals surface area contributed by atoms with Gasteiger partial charge in [0.15, 0.2) is 5.84 Å². The third kappa shape index (κ3) is 4.03. The van der Waals surface area contributed by atoms with Crippen molar-refractivity contribution in [3.63, 3.8) is 0 Å². The highest BCUT2D eigenvalue weighted by Crippen LogP contribution is 2.34. The molecular weight excluding hydrogens is 388 g/mol. The van der Waals surface area contributed by atoms with E-state index in [1.807, 2.05) is 13.8 Å². The Bertz CT molecular complexity index is 743. The van der Waals surface area contributed by atoms with E-state index in [2.05, 4.69) is 26.2 Å².